The van der Waals surface area contributed by atoms with Gasteiger partial charge in [0.1, 0.15) is 12.8 Å². The molecule has 0 unspecified atom stereocenters. The van der Waals surface area contributed by atoms with E-state index >= 15 is 0 Å². The third kappa shape index (κ3) is 5.26. The molecule has 1 heterocycles. The van der Waals surface area contributed by atoms with Crippen LogP contribution in [-0.2, 0) is 4.84 Å². The number of oxime groups is 1. The van der Waals surface area contributed by atoms with Gasteiger partial charge in [-0.25, -0.2) is 9.37 Å². The monoisotopic (exact) mass is 280 g/mol. The highest BCUT2D eigenvalue weighted by Crippen LogP contribution is 2.22. The second-order valence-corrected chi connectivity index (χ2v) is 3.99. The standard InChI is InChI=1S/C10H11F3N2O2S/c1-2-16-15-6-7-5-14-10(17-7)18-4-3-8(11)9(12)13/h5-6H,2-4H2,1H3. The summed E-state index contributed by atoms with van der Waals surface area (Å²) in [6, 6.07) is 0. The lowest BCUT2D eigenvalue weighted by Gasteiger charge is -1.94. The normalized spacial score (nSPS) is 10.9. The van der Waals surface area contributed by atoms with E-state index in [2.05, 4.69) is 10.1 Å². The molecular weight excluding hydrogens is 269 g/mol. The van der Waals surface area contributed by atoms with E-state index in [0.717, 1.165) is 11.8 Å². The van der Waals surface area contributed by atoms with Gasteiger partial charge in [0.2, 0.25) is 0 Å². The summed E-state index contributed by atoms with van der Waals surface area (Å²) in [6.45, 7) is 2.22. The predicted molar refractivity (Wildman–Crippen MR) is 61.4 cm³/mol. The minimum absolute atomic E-state index is 0.117. The molecule has 18 heavy (non-hydrogen) atoms. The van der Waals surface area contributed by atoms with Gasteiger partial charge in [-0.1, -0.05) is 16.9 Å². The Morgan fingerprint density at radius 3 is 3.00 bits per heavy atom. The Morgan fingerprint density at radius 1 is 1.56 bits per heavy atom. The molecular formula is C10H11F3N2O2S. The van der Waals surface area contributed by atoms with Gasteiger partial charge in [-0.15, -0.1) is 0 Å². The Hall–Kier alpha value is -1.44. The number of halogens is 3. The van der Waals surface area contributed by atoms with Gasteiger partial charge >= 0.3 is 6.08 Å². The first-order valence-corrected chi connectivity index (χ1v) is 6.05. The average Bonchev–Trinajstić information content (AvgIpc) is 2.77. The van der Waals surface area contributed by atoms with Crippen molar-refractivity contribution < 1.29 is 22.4 Å². The average molecular weight is 280 g/mol. The molecule has 0 fully saturated rings. The van der Waals surface area contributed by atoms with Crippen molar-refractivity contribution in [1.82, 2.24) is 4.98 Å². The molecule has 0 aliphatic heterocycles. The van der Waals surface area contributed by atoms with Crippen molar-refractivity contribution in [3.05, 3.63) is 23.9 Å². The van der Waals surface area contributed by atoms with Crippen LogP contribution in [0.3, 0.4) is 0 Å². The molecule has 0 saturated carbocycles. The van der Waals surface area contributed by atoms with Gasteiger partial charge in [-0.05, 0) is 6.92 Å². The fourth-order valence-electron chi connectivity index (χ4n) is 0.882. The van der Waals surface area contributed by atoms with Crippen molar-refractivity contribution in [2.75, 3.05) is 12.4 Å². The van der Waals surface area contributed by atoms with Gasteiger partial charge in [0.25, 0.3) is 5.22 Å². The zero-order valence-corrected chi connectivity index (χ0v) is 10.3. The quantitative estimate of drug-likeness (QED) is 0.435. The van der Waals surface area contributed by atoms with Crippen LogP contribution in [0.5, 0.6) is 0 Å². The lowest BCUT2D eigenvalue weighted by Crippen LogP contribution is -1.82. The lowest BCUT2D eigenvalue weighted by atomic mass is 10.4. The molecule has 0 amide bonds. The van der Waals surface area contributed by atoms with Crippen LogP contribution in [0.1, 0.15) is 19.1 Å². The second-order valence-electron chi connectivity index (χ2n) is 2.94. The van der Waals surface area contributed by atoms with Crippen molar-refractivity contribution in [3.63, 3.8) is 0 Å². The lowest BCUT2D eigenvalue weighted by molar-refractivity contribution is 0.160. The smallest absolute Gasteiger partial charge is 0.301 e. The molecule has 100 valence electrons. The van der Waals surface area contributed by atoms with Crippen molar-refractivity contribution in [2.45, 2.75) is 18.6 Å². The Bertz CT molecular complexity index is 431. The Balaban J connectivity index is 2.38. The molecule has 8 heteroatoms. The summed E-state index contributed by atoms with van der Waals surface area (Å²) in [7, 11) is 0. The highest BCUT2D eigenvalue weighted by molar-refractivity contribution is 7.99. The molecule has 4 nitrogen and oxygen atoms in total. The highest BCUT2D eigenvalue weighted by Gasteiger charge is 2.07. The maximum atomic E-state index is 12.5. The van der Waals surface area contributed by atoms with Crippen molar-refractivity contribution in [3.8, 4) is 0 Å². The van der Waals surface area contributed by atoms with Crippen LogP contribution in [0.15, 0.2) is 32.9 Å². The molecule has 0 aliphatic rings. The number of nitrogens with zero attached hydrogens (tertiary/aromatic N) is 2. The number of allylic oxidation sites excluding steroid dienone is 1. The minimum atomic E-state index is -2.28. The summed E-state index contributed by atoms with van der Waals surface area (Å²) in [4.78, 5) is 8.58. The molecule has 0 bridgehead atoms. The molecule has 0 spiro atoms. The van der Waals surface area contributed by atoms with E-state index in [0.29, 0.717) is 12.4 Å². The third-order valence-electron chi connectivity index (χ3n) is 1.64. The van der Waals surface area contributed by atoms with Gasteiger partial charge in [-0.2, -0.15) is 8.78 Å². The van der Waals surface area contributed by atoms with Crippen LogP contribution >= 0.6 is 11.8 Å². The number of rotatable bonds is 7. The summed E-state index contributed by atoms with van der Waals surface area (Å²) in [5.74, 6) is -0.919. The largest absolute Gasteiger partial charge is 0.430 e. The highest BCUT2D eigenvalue weighted by atomic mass is 32.2. The van der Waals surface area contributed by atoms with Crippen LogP contribution in [-0.4, -0.2) is 23.6 Å². The molecule has 1 aromatic rings. The van der Waals surface area contributed by atoms with Crippen LogP contribution in [0.2, 0.25) is 0 Å². The van der Waals surface area contributed by atoms with Crippen LogP contribution in [0.25, 0.3) is 0 Å². The van der Waals surface area contributed by atoms with Gasteiger partial charge in [0.05, 0.1) is 6.20 Å². The van der Waals surface area contributed by atoms with Gasteiger partial charge in [0, 0.05) is 12.2 Å². The number of thioether (sulfide) groups is 1. The zero-order valence-electron chi connectivity index (χ0n) is 9.53. The Kier molecular flexibility index (Phi) is 6.34. The summed E-state index contributed by atoms with van der Waals surface area (Å²) < 4.78 is 41.1. The van der Waals surface area contributed by atoms with Crippen LogP contribution < -0.4 is 0 Å². The van der Waals surface area contributed by atoms with Crippen LogP contribution in [0, 0.1) is 0 Å². The first-order chi connectivity index (χ1) is 8.63. The minimum Gasteiger partial charge on any atom is -0.430 e. The molecule has 0 radical (unpaired) electrons. The van der Waals surface area contributed by atoms with E-state index in [1.165, 1.54) is 12.4 Å². The molecule has 0 N–H and O–H groups in total. The topological polar surface area (TPSA) is 47.6 Å². The van der Waals surface area contributed by atoms with Crippen molar-refractivity contribution in [2.24, 2.45) is 5.16 Å². The first kappa shape index (κ1) is 14.6. The van der Waals surface area contributed by atoms with E-state index < -0.39 is 11.9 Å². The molecule has 1 rings (SSSR count). The van der Waals surface area contributed by atoms with Gasteiger partial charge in [-0.3, -0.25) is 0 Å². The second kappa shape index (κ2) is 7.80. The van der Waals surface area contributed by atoms with Crippen molar-refractivity contribution in [1.29, 1.82) is 0 Å². The number of oxazole rings is 1. The van der Waals surface area contributed by atoms with E-state index in [4.69, 9.17) is 9.25 Å². The van der Waals surface area contributed by atoms with Crippen molar-refractivity contribution >= 4 is 18.0 Å². The summed E-state index contributed by atoms with van der Waals surface area (Å²) in [6.07, 6.45) is 0.0971. The van der Waals surface area contributed by atoms with Gasteiger partial charge in [0.15, 0.2) is 11.6 Å². The molecule has 1 aromatic heterocycles. The van der Waals surface area contributed by atoms with Gasteiger partial charge < -0.3 is 9.25 Å². The van der Waals surface area contributed by atoms with Crippen LogP contribution in [0.4, 0.5) is 13.2 Å². The molecule has 0 saturated heterocycles. The molecule has 0 aliphatic carbocycles. The number of hydrogen-bond donors (Lipinski definition) is 0. The zero-order chi connectivity index (χ0) is 13.4. The Morgan fingerprint density at radius 2 is 2.33 bits per heavy atom. The third-order valence-corrected chi connectivity index (χ3v) is 2.48. The number of hydrogen-bond acceptors (Lipinski definition) is 5. The summed E-state index contributed by atoms with van der Waals surface area (Å²) in [5.41, 5.74) is 0. The maximum Gasteiger partial charge on any atom is 0.301 e. The van der Waals surface area contributed by atoms with E-state index in [1.807, 2.05) is 0 Å². The fraction of sp³-hybridized carbons (Fsp3) is 0.400. The predicted octanol–water partition coefficient (Wildman–Crippen LogP) is 3.60. The SMILES string of the molecule is CCON=Cc1cnc(SCCC(F)=C(F)F)o1. The summed E-state index contributed by atoms with van der Waals surface area (Å²) >= 11 is 1.04. The Labute approximate surface area is 106 Å². The fourth-order valence-corrected chi connectivity index (χ4v) is 1.62. The molecule has 0 atom stereocenters. The van der Waals surface area contributed by atoms with E-state index in [1.54, 1.807) is 6.92 Å². The van der Waals surface area contributed by atoms with E-state index in [9.17, 15) is 13.2 Å². The first-order valence-electron chi connectivity index (χ1n) is 5.07. The summed E-state index contributed by atoms with van der Waals surface area (Å²) in [5, 5.41) is 3.83. The number of aromatic nitrogens is 1. The molecule has 0 aromatic carbocycles. The maximum absolute atomic E-state index is 12.5. The van der Waals surface area contributed by atoms with E-state index in [-0.39, 0.29) is 17.4 Å².